The van der Waals surface area contributed by atoms with Gasteiger partial charge in [0.05, 0.1) is 7.11 Å². The van der Waals surface area contributed by atoms with E-state index < -0.39 is 22.2 Å². The Hall–Kier alpha value is -2.97. The minimum absolute atomic E-state index is 0.336. The van der Waals surface area contributed by atoms with Crippen LogP contribution in [-0.2, 0) is 34.2 Å². The third-order valence-corrected chi connectivity index (χ3v) is 10.3. The minimum atomic E-state index is -5.08. The molecule has 2 aliphatic rings. The first kappa shape index (κ1) is 32.0. The maximum atomic E-state index is 12.9. The Morgan fingerprint density at radius 3 is 2.31 bits per heavy atom. The van der Waals surface area contributed by atoms with E-state index in [-0.39, 0.29) is 0 Å². The van der Waals surface area contributed by atoms with Crippen molar-refractivity contribution >= 4 is 27.3 Å². The van der Waals surface area contributed by atoms with Crippen LogP contribution in [0, 0.1) is 0 Å². The number of ether oxygens (including phenoxy) is 1. The van der Waals surface area contributed by atoms with Gasteiger partial charge in [-0.1, -0.05) is 30.3 Å². The number of likely N-dealkylation sites (tertiary alicyclic amines) is 1. The fraction of sp³-hybridized carbons (Fsp3) is 0.414. The first-order valence-corrected chi connectivity index (χ1v) is 15.9. The molecule has 0 saturated carbocycles. The molecule has 42 heavy (non-hydrogen) atoms. The highest BCUT2D eigenvalue weighted by atomic mass is 32.2. The molecular weight excluding hydrogens is 591 g/mol. The molecule has 228 valence electrons. The van der Waals surface area contributed by atoms with Gasteiger partial charge in [0, 0.05) is 36.1 Å². The van der Waals surface area contributed by atoms with Crippen LogP contribution in [0.5, 0.6) is 5.75 Å². The van der Waals surface area contributed by atoms with Crippen LogP contribution >= 0.6 is 11.3 Å². The lowest BCUT2D eigenvalue weighted by molar-refractivity contribution is -0.192. The number of thiophene rings is 1. The maximum Gasteiger partial charge on any atom is 0.490 e. The van der Waals surface area contributed by atoms with Gasteiger partial charge in [-0.25, -0.2) is 17.9 Å². The molecule has 1 saturated heterocycles. The lowest BCUT2D eigenvalue weighted by Gasteiger charge is -2.14. The smallest absolute Gasteiger partial charge is 0.490 e. The van der Waals surface area contributed by atoms with Gasteiger partial charge in [0.15, 0.2) is 0 Å². The Morgan fingerprint density at radius 2 is 1.71 bits per heavy atom. The van der Waals surface area contributed by atoms with Crippen LogP contribution in [0.25, 0.3) is 10.4 Å². The van der Waals surface area contributed by atoms with Gasteiger partial charge in [-0.2, -0.15) is 13.2 Å². The number of halogens is 3. The zero-order chi connectivity index (χ0) is 30.3. The van der Waals surface area contributed by atoms with E-state index in [1.807, 2.05) is 12.1 Å². The number of aliphatic carboxylic acids is 1. The van der Waals surface area contributed by atoms with Crippen LogP contribution in [0.4, 0.5) is 13.2 Å². The van der Waals surface area contributed by atoms with Gasteiger partial charge < -0.3 is 20.1 Å². The molecule has 3 aromatic rings. The van der Waals surface area contributed by atoms with Crippen molar-refractivity contribution in [1.82, 2.24) is 14.9 Å². The average Bonchev–Trinajstić information content (AvgIpc) is 3.72. The van der Waals surface area contributed by atoms with Gasteiger partial charge in [0.25, 0.3) is 0 Å². The van der Waals surface area contributed by atoms with E-state index in [1.54, 1.807) is 13.2 Å². The van der Waals surface area contributed by atoms with E-state index in [0.29, 0.717) is 16.8 Å². The molecule has 1 aliphatic carbocycles. The van der Waals surface area contributed by atoms with Crippen molar-refractivity contribution in [3.8, 4) is 16.2 Å². The number of carboxylic acids is 1. The lowest BCUT2D eigenvalue weighted by atomic mass is 10.1. The van der Waals surface area contributed by atoms with Crippen molar-refractivity contribution in [3.05, 3.63) is 71.3 Å². The summed E-state index contributed by atoms with van der Waals surface area (Å²) in [4.78, 5) is 12.1. The maximum absolute atomic E-state index is 12.9. The second-order valence-electron chi connectivity index (χ2n) is 10.2. The number of sulfonamides is 1. The Morgan fingerprint density at radius 1 is 1.07 bits per heavy atom. The highest BCUT2D eigenvalue weighted by molar-refractivity contribution is 7.91. The number of fused-ring (bicyclic) bond motifs is 1. The van der Waals surface area contributed by atoms with E-state index in [9.17, 15) is 21.6 Å². The molecule has 0 atom stereocenters. The number of hydrogen-bond donors (Lipinski definition) is 3. The largest absolute Gasteiger partial charge is 0.496 e. The number of rotatable bonds is 10. The minimum Gasteiger partial charge on any atom is -0.496 e. The molecule has 8 nitrogen and oxygen atoms in total. The highest BCUT2D eigenvalue weighted by Crippen LogP contribution is 2.37. The molecule has 0 amide bonds. The van der Waals surface area contributed by atoms with Crippen molar-refractivity contribution in [2.45, 2.75) is 48.7 Å². The molecule has 2 aromatic carbocycles. The van der Waals surface area contributed by atoms with E-state index in [4.69, 9.17) is 14.6 Å². The number of hydrogen-bond acceptors (Lipinski definition) is 7. The molecule has 2 heterocycles. The van der Waals surface area contributed by atoms with Gasteiger partial charge in [-0.05, 0) is 79.7 Å². The summed E-state index contributed by atoms with van der Waals surface area (Å²) in [7, 11) is -1.88. The quantitative estimate of drug-likeness (QED) is 0.300. The van der Waals surface area contributed by atoms with Crippen LogP contribution in [0.1, 0.15) is 29.5 Å². The van der Waals surface area contributed by atoms with Crippen molar-refractivity contribution in [3.63, 3.8) is 0 Å². The molecule has 0 radical (unpaired) electrons. The molecule has 3 N–H and O–H groups in total. The van der Waals surface area contributed by atoms with Crippen molar-refractivity contribution < 1.29 is 36.2 Å². The molecule has 0 spiro atoms. The fourth-order valence-electron chi connectivity index (χ4n) is 5.05. The summed E-state index contributed by atoms with van der Waals surface area (Å²) in [5.74, 6) is -2.01. The monoisotopic (exact) mass is 625 g/mol. The molecule has 1 aliphatic heterocycles. The number of carboxylic acid groups (broad SMARTS) is 1. The average molecular weight is 626 g/mol. The summed E-state index contributed by atoms with van der Waals surface area (Å²) in [5, 5.41) is 10.8. The van der Waals surface area contributed by atoms with E-state index in [1.165, 1.54) is 35.3 Å². The molecule has 13 heteroatoms. The zero-order valence-electron chi connectivity index (χ0n) is 23.1. The summed E-state index contributed by atoms with van der Waals surface area (Å²) in [6.45, 7) is 4.06. The molecule has 1 aromatic heterocycles. The molecule has 0 bridgehead atoms. The summed E-state index contributed by atoms with van der Waals surface area (Å²) in [6.07, 6.45) is -0.580. The molecule has 5 rings (SSSR count). The number of nitrogens with one attached hydrogen (secondary N) is 2. The van der Waals surface area contributed by atoms with Crippen molar-refractivity contribution in [2.75, 3.05) is 33.3 Å². The SMILES string of the molecule is COc1ccc(CNC2Cc3ccccc3C2)cc1-c1ccc(S(=O)(=O)NCCN2CCCC2)s1.O=C(O)C(F)(F)F. The number of nitrogens with zero attached hydrogens (tertiary/aromatic N) is 1. The predicted octanol–water partition coefficient (Wildman–Crippen LogP) is 4.69. The first-order chi connectivity index (χ1) is 20.0. The highest BCUT2D eigenvalue weighted by Gasteiger charge is 2.38. The second kappa shape index (κ2) is 14.0. The van der Waals surface area contributed by atoms with Gasteiger partial charge >= 0.3 is 12.1 Å². The second-order valence-corrected chi connectivity index (χ2v) is 13.2. The molecule has 0 unspecified atom stereocenters. The Kier molecular flexibility index (Phi) is 10.7. The first-order valence-electron chi connectivity index (χ1n) is 13.6. The van der Waals surface area contributed by atoms with Crippen LogP contribution in [-0.4, -0.2) is 69.9 Å². The van der Waals surface area contributed by atoms with Gasteiger partial charge in [-0.3, -0.25) is 0 Å². The number of benzene rings is 2. The fourth-order valence-corrected chi connectivity index (χ4v) is 7.44. The van der Waals surface area contributed by atoms with Gasteiger partial charge in [-0.15, -0.1) is 11.3 Å². The Labute approximate surface area is 247 Å². The normalized spacial score (nSPS) is 15.7. The Bertz CT molecular complexity index is 1450. The predicted molar refractivity (Wildman–Crippen MR) is 155 cm³/mol. The Balaban J connectivity index is 0.000000517. The number of methoxy groups -OCH3 is 1. The topological polar surface area (TPSA) is 108 Å². The van der Waals surface area contributed by atoms with Gasteiger partial charge in [0.1, 0.15) is 9.96 Å². The van der Waals surface area contributed by atoms with E-state index >= 15 is 0 Å². The van der Waals surface area contributed by atoms with Crippen molar-refractivity contribution in [1.29, 1.82) is 0 Å². The molecule has 1 fully saturated rings. The van der Waals surface area contributed by atoms with Crippen LogP contribution in [0.3, 0.4) is 0 Å². The summed E-state index contributed by atoms with van der Waals surface area (Å²) >= 11 is 1.28. The van der Waals surface area contributed by atoms with Crippen LogP contribution < -0.4 is 14.8 Å². The number of carbonyl (C=O) groups is 1. The van der Waals surface area contributed by atoms with Crippen molar-refractivity contribution in [2.24, 2.45) is 0 Å². The van der Waals surface area contributed by atoms with E-state index in [0.717, 1.165) is 60.8 Å². The molecular formula is C29H34F3N3O5S2. The van der Waals surface area contributed by atoms with Crippen LogP contribution in [0.15, 0.2) is 58.8 Å². The third kappa shape index (κ3) is 8.54. The summed E-state index contributed by atoms with van der Waals surface area (Å²) < 4.78 is 66.2. The zero-order valence-corrected chi connectivity index (χ0v) is 24.7. The standard InChI is InChI=1S/C27H33N3O3S2.C2HF3O2/c1-33-25-9-8-20(19-28-23-17-21-6-2-3-7-22(21)18-23)16-24(25)26-10-11-27(34-26)35(31,32)29-12-15-30-13-4-5-14-30;3-2(4,5)1(6)7/h2-3,6-11,16,23,28-29H,4-5,12-15,17-19H2,1H3;(H,6,7). The van der Waals surface area contributed by atoms with Gasteiger partial charge in [0.2, 0.25) is 10.0 Å². The number of alkyl halides is 3. The summed E-state index contributed by atoms with van der Waals surface area (Å²) in [5.41, 5.74) is 4.94. The van der Waals surface area contributed by atoms with Crippen LogP contribution in [0.2, 0.25) is 0 Å². The van der Waals surface area contributed by atoms with E-state index in [2.05, 4.69) is 51.3 Å². The third-order valence-electron chi connectivity index (χ3n) is 7.18. The summed E-state index contributed by atoms with van der Waals surface area (Å²) in [6, 6.07) is 18.8. The lowest BCUT2D eigenvalue weighted by Crippen LogP contribution is -2.33.